The standard InChI is InChI=1S/C22H24N2O4S/c1-16(2)28-20-10-8-19(9-11-20)24-22(25)13-14-23-29(26,27)21-12-7-17-5-3-4-6-18(17)15-21/h3-12,15-16,23H,13-14H2,1-2H3,(H,24,25). The monoisotopic (exact) mass is 412 g/mol. The molecule has 0 bridgehead atoms. The van der Waals surface area contributed by atoms with Gasteiger partial charge in [-0.3, -0.25) is 4.79 Å². The average Bonchev–Trinajstić information content (AvgIpc) is 2.68. The molecule has 0 aliphatic heterocycles. The number of nitrogens with one attached hydrogen (secondary N) is 2. The van der Waals surface area contributed by atoms with E-state index in [9.17, 15) is 13.2 Å². The van der Waals surface area contributed by atoms with Gasteiger partial charge in [0, 0.05) is 18.7 Å². The van der Waals surface area contributed by atoms with Crippen molar-refractivity contribution in [3.8, 4) is 5.75 Å². The minimum atomic E-state index is -3.68. The van der Waals surface area contributed by atoms with Gasteiger partial charge in [0.25, 0.3) is 0 Å². The Kier molecular flexibility index (Phi) is 6.51. The minimum absolute atomic E-state index is 0.00946. The number of sulfonamides is 1. The molecule has 29 heavy (non-hydrogen) atoms. The SMILES string of the molecule is CC(C)Oc1ccc(NC(=O)CCNS(=O)(=O)c2ccc3ccccc3c2)cc1. The van der Waals surface area contributed by atoms with Gasteiger partial charge in [0.05, 0.1) is 11.0 Å². The zero-order chi connectivity index (χ0) is 20.9. The number of rotatable bonds is 8. The fourth-order valence-corrected chi connectivity index (χ4v) is 3.90. The first-order chi connectivity index (χ1) is 13.8. The molecule has 3 rings (SSSR count). The van der Waals surface area contributed by atoms with Gasteiger partial charge in [-0.05, 0) is 61.0 Å². The topological polar surface area (TPSA) is 84.5 Å². The van der Waals surface area contributed by atoms with Crippen LogP contribution in [0.15, 0.2) is 71.6 Å². The summed E-state index contributed by atoms with van der Waals surface area (Å²) in [6.45, 7) is 3.89. The van der Waals surface area contributed by atoms with Gasteiger partial charge in [-0.2, -0.15) is 0 Å². The Bertz CT molecular complexity index is 1090. The third-order valence-corrected chi connectivity index (χ3v) is 5.64. The zero-order valence-corrected chi connectivity index (χ0v) is 17.2. The summed E-state index contributed by atoms with van der Waals surface area (Å²) in [4.78, 5) is 12.3. The maximum absolute atomic E-state index is 12.5. The van der Waals surface area contributed by atoms with Gasteiger partial charge in [-0.15, -0.1) is 0 Å². The maximum Gasteiger partial charge on any atom is 0.240 e. The predicted octanol–water partition coefficient (Wildman–Crippen LogP) is 3.93. The van der Waals surface area contributed by atoms with Crippen LogP contribution in [-0.2, 0) is 14.8 Å². The van der Waals surface area contributed by atoms with Crippen LogP contribution in [-0.4, -0.2) is 27.0 Å². The Morgan fingerprint density at radius 3 is 2.34 bits per heavy atom. The number of anilines is 1. The maximum atomic E-state index is 12.5. The van der Waals surface area contributed by atoms with Crippen molar-refractivity contribution in [2.45, 2.75) is 31.3 Å². The Hall–Kier alpha value is -2.90. The molecule has 0 saturated heterocycles. The highest BCUT2D eigenvalue weighted by Crippen LogP contribution is 2.19. The van der Waals surface area contributed by atoms with Crippen molar-refractivity contribution in [1.82, 2.24) is 4.72 Å². The number of ether oxygens (including phenoxy) is 1. The van der Waals surface area contributed by atoms with E-state index in [1.165, 1.54) is 0 Å². The molecule has 3 aromatic rings. The van der Waals surface area contributed by atoms with Crippen molar-refractivity contribution >= 4 is 32.4 Å². The normalized spacial score (nSPS) is 11.6. The van der Waals surface area contributed by atoms with E-state index < -0.39 is 10.0 Å². The summed E-state index contributed by atoms with van der Waals surface area (Å²) < 4.78 is 33.0. The van der Waals surface area contributed by atoms with E-state index in [0.717, 1.165) is 16.5 Å². The smallest absolute Gasteiger partial charge is 0.240 e. The molecule has 0 unspecified atom stereocenters. The molecule has 0 atom stereocenters. The largest absolute Gasteiger partial charge is 0.491 e. The molecule has 0 saturated carbocycles. The van der Waals surface area contributed by atoms with Gasteiger partial charge < -0.3 is 10.1 Å². The molecule has 0 radical (unpaired) electrons. The van der Waals surface area contributed by atoms with Crippen molar-refractivity contribution in [1.29, 1.82) is 0 Å². The second-order valence-electron chi connectivity index (χ2n) is 6.90. The lowest BCUT2D eigenvalue weighted by atomic mass is 10.1. The summed E-state index contributed by atoms with van der Waals surface area (Å²) in [7, 11) is -3.68. The Labute approximate surface area is 170 Å². The quantitative estimate of drug-likeness (QED) is 0.587. The first-order valence-electron chi connectivity index (χ1n) is 9.38. The molecular weight excluding hydrogens is 388 g/mol. The van der Waals surface area contributed by atoms with Crippen molar-refractivity contribution in [2.75, 3.05) is 11.9 Å². The number of amides is 1. The predicted molar refractivity (Wildman–Crippen MR) is 115 cm³/mol. The first kappa shape index (κ1) is 20.8. The molecule has 1 amide bonds. The fourth-order valence-electron chi connectivity index (χ4n) is 2.83. The number of hydrogen-bond donors (Lipinski definition) is 2. The molecular formula is C22H24N2O4S. The highest BCUT2D eigenvalue weighted by molar-refractivity contribution is 7.89. The van der Waals surface area contributed by atoms with Crippen LogP contribution in [0.2, 0.25) is 0 Å². The summed E-state index contributed by atoms with van der Waals surface area (Å²) in [6.07, 6.45) is 0.0999. The highest BCUT2D eigenvalue weighted by Gasteiger charge is 2.14. The van der Waals surface area contributed by atoms with Gasteiger partial charge in [0.2, 0.25) is 15.9 Å². The number of carbonyl (C=O) groups excluding carboxylic acids is 1. The summed E-state index contributed by atoms with van der Waals surface area (Å²) in [5.74, 6) is 0.449. The van der Waals surface area contributed by atoms with E-state index in [1.54, 1.807) is 42.5 Å². The van der Waals surface area contributed by atoms with E-state index in [1.807, 2.05) is 38.1 Å². The van der Waals surface area contributed by atoms with Crippen LogP contribution in [0.4, 0.5) is 5.69 Å². The second kappa shape index (κ2) is 9.07. The van der Waals surface area contributed by atoms with E-state index in [2.05, 4.69) is 10.0 Å². The molecule has 6 nitrogen and oxygen atoms in total. The Morgan fingerprint density at radius 2 is 1.66 bits per heavy atom. The summed E-state index contributed by atoms with van der Waals surface area (Å²) in [6, 6.07) is 19.5. The third kappa shape index (κ3) is 5.79. The van der Waals surface area contributed by atoms with Gasteiger partial charge in [0.15, 0.2) is 0 Å². The molecule has 0 aliphatic carbocycles. The van der Waals surface area contributed by atoms with Crippen LogP contribution in [0.3, 0.4) is 0 Å². The molecule has 0 spiro atoms. The number of benzene rings is 3. The number of carbonyl (C=O) groups is 1. The first-order valence-corrected chi connectivity index (χ1v) is 10.9. The van der Waals surface area contributed by atoms with E-state index in [-0.39, 0.29) is 29.9 Å². The molecule has 2 N–H and O–H groups in total. The second-order valence-corrected chi connectivity index (χ2v) is 8.66. The molecule has 152 valence electrons. The van der Waals surface area contributed by atoms with Crippen LogP contribution < -0.4 is 14.8 Å². The minimum Gasteiger partial charge on any atom is -0.491 e. The highest BCUT2D eigenvalue weighted by atomic mass is 32.2. The lowest BCUT2D eigenvalue weighted by molar-refractivity contribution is -0.116. The molecule has 0 fully saturated rings. The lowest BCUT2D eigenvalue weighted by Crippen LogP contribution is -2.27. The molecule has 3 aromatic carbocycles. The van der Waals surface area contributed by atoms with Gasteiger partial charge in [-0.25, -0.2) is 13.1 Å². The van der Waals surface area contributed by atoms with Gasteiger partial charge in [-0.1, -0.05) is 30.3 Å². The zero-order valence-electron chi connectivity index (χ0n) is 16.4. The summed E-state index contributed by atoms with van der Waals surface area (Å²) >= 11 is 0. The van der Waals surface area contributed by atoms with Crippen LogP contribution in [0.1, 0.15) is 20.3 Å². The van der Waals surface area contributed by atoms with Gasteiger partial charge >= 0.3 is 0 Å². The van der Waals surface area contributed by atoms with Crippen molar-refractivity contribution in [2.24, 2.45) is 0 Å². The van der Waals surface area contributed by atoms with Crippen molar-refractivity contribution in [3.05, 3.63) is 66.7 Å². The molecule has 0 aliphatic rings. The Balaban J connectivity index is 1.53. The van der Waals surface area contributed by atoms with Crippen molar-refractivity contribution < 1.29 is 17.9 Å². The van der Waals surface area contributed by atoms with E-state index >= 15 is 0 Å². The number of hydrogen-bond acceptors (Lipinski definition) is 4. The van der Waals surface area contributed by atoms with Crippen LogP contribution in [0.5, 0.6) is 5.75 Å². The van der Waals surface area contributed by atoms with Crippen LogP contribution >= 0.6 is 0 Å². The lowest BCUT2D eigenvalue weighted by Gasteiger charge is -2.11. The van der Waals surface area contributed by atoms with E-state index in [4.69, 9.17) is 4.74 Å². The van der Waals surface area contributed by atoms with E-state index in [0.29, 0.717) is 5.69 Å². The summed E-state index contributed by atoms with van der Waals surface area (Å²) in [5, 5.41) is 4.56. The van der Waals surface area contributed by atoms with Crippen LogP contribution in [0, 0.1) is 0 Å². The van der Waals surface area contributed by atoms with Crippen molar-refractivity contribution in [3.63, 3.8) is 0 Å². The number of fused-ring (bicyclic) bond motifs is 1. The summed E-state index contributed by atoms with van der Waals surface area (Å²) in [5.41, 5.74) is 0.628. The van der Waals surface area contributed by atoms with Gasteiger partial charge in [0.1, 0.15) is 5.75 Å². The third-order valence-electron chi connectivity index (χ3n) is 4.19. The molecule has 0 heterocycles. The molecule has 0 aromatic heterocycles. The molecule has 7 heteroatoms. The van der Waals surface area contributed by atoms with Crippen LogP contribution in [0.25, 0.3) is 10.8 Å². The Morgan fingerprint density at radius 1 is 0.966 bits per heavy atom. The fraction of sp³-hybridized carbons (Fsp3) is 0.227. The average molecular weight is 413 g/mol.